The third-order valence-electron chi connectivity index (χ3n) is 6.62. The van der Waals surface area contributed by atoms with Crippen molar-refractivity contribution in [3.05, 3.63) is 52.5 Å². The van der Waals surface area contributed by atoms with Gasteiger partial charge in [0, 0.05) is 50.1 Å². The summed E-state index contributed by atoms with van der Waals surface area (Å²) in [7, 11) is 0. The molecule has 1 fully saturated rings. The second-order valence-electron chi connectivity index (χ2n) is 10.1. The van der Waals surface area contributed by atoms with Crippen molar-refractivity contribution in [2.24, 2.45) is 0 Å². The van der Waals surface area contributed by atoms with Gasteiger partial charge in [-0.3, -0.25) is 9.78 Å². The number of hydrogen-bond acceptors (Lipinski definition) is 6. The van der Waals surface area contributed by atoms with Gasteiger partial charge in [0.15, 0.2) is 0 Å². The maximum absolute atomic E-state index is 12.9. The summed E-state index contributed by atoms with van der Waals surface area (Å²) >= 11 is 0. The lowest BCUT2D eigenvalue weighted by atomic mass is 9.86. The molecule has 0 bridgehead atoms. The van der Waals surface area contributed by atoms with Crippen molar-refractivity contribution < 1.29 is 9.53 Å². The van der Waals surface area contributed by atoms with E-state index in [-0.39, 0.29) is 23.5 Å². The van der Waals surface area contributed by atoms with E-state index in [1.165, 1.54) is 0 Å². The first-order chi connectivity index (χ1) is 15.7. The van der Waals surface area contributed by atoms with Crippen LogP contribution in [0, 0.1) is 11.3 Å². The van der Waals surface area contributed by atoms with Crippen LogP contribution in [0.5, 0.6) is 0 Å². The Labute approximate surface area is 196 Å². The molecule has 2 aromatic rings. The minimum absolute atomic E-state index is 0.0228. The zero-order valence-electron chi connectivity index (χ0n) is 20.3. The van der Waals surface area contributed by atoms with Gasteiger partial charge in [0.1, 0.15) is 11.9 Å². The smallest absolute Gasteiger partial charge is 0.227 e. The molecular formula is C26H33N5O2. The van der Waals surface area contributed by atoms with E-state index in [4.69, 9.17) is 9.72 Å². The number of amides is 1. The minimum Gasteiger partial charge on any atom is -0.370 e. The third kappa shape index (κ3) is 4.72. The van der Waals surface area contributed by atoms with E-state index >= 15 is 0 Å². The Morgan fingerprint density at radius 2 is 2.12 bits per heavy atom. The summed E-state index contributed by atoms with van der Waals surface area (Å²) < 4.78 is 6.06. The average Bonchev–Trinajstić information content (AvgIpc) is 2.77. The molecule has 174 valence electrons. The van der Waals surface area contributed by atoms with Crippen molar-refractivity contribution in [1.29, 1.82) is 5.26 Å². The lowest BCUT2D eigenvalue weighted by molar-refractivity contribution is -0.132. The molecule has 0 unspecified atom stereocenters. The molecule has 4 rings (SSSR count). The fraction of sp³-hybridized carbons (Fsp3) is 0.538. The van der Waals surface area contributed by atoms with Gasteiger partial charge in [-0.25, -0.2) is 4.98 Å². The van der Waals surface area contributed by atoms with Crippen LogP contribution in [0.1, 0.15) is 68.5 Å². The quantitative estimate of drug-likeness (QED) is 0.712. The Kier molecular flexibility index (Phi) is 6.40. The van der Waals surface area contributed by atoms with E-state index in [1.807, 2.05) is 17.0 Å². The zero-order chi connectivity index (χ0) is 23.8. The first-order valence-corrected chi connectivity index (χ1v) is 11.7. The number of anilines is 1. The average molecular weight is 448 g/mol. The summed E-state index contributed by atoms with van der Waals surface area (Å²) in [4.78, 5) is 26.2. The van der Waals surface area contributed by atoms with Crippen molar-refractivity contribution in [3.63, 3.8) is 0 Å². The van der Waals surface area contributed by atoms with Crippen LogP contribution < -0.4 is 4.90 Å². The maximum Gasteiger partial charge on any atom is 0.227 e. The number of hydrogen-bond donors (Lipinski definition) is 0. The molecule has 2 aliphatic heterocycles. The van der Waals surface area contributed by atoms with Crippen LogP contribution >= 0.6 is 0 Å². The standard InChI is InChI=1S/C26H33N5O2/c1-17(2)24-22-16-33-26(4,5)12-20(22)21(13-27)25(29-24)30-9-10-31(18(3)15-30)23(32)11-19-7-6-8-28-14-19/h6-8,14,17-18H,9-12,15-16H2,1-5H3/t18-/m1/s1. The summed E-state index contributed by atoms with van der Waals surface area (Å²) in [6.45, 7) is 12.9. The van der Waals surface area contributed by atoms with Crippen molar-refractivity contribution in [2.45, 2.75) is 71.6 Å². The number of piperazine rings is 1. The first kappa shape index (κ1) is 23.2. The molecule has 2 aliphatic rings. The van der Waals surface area contributed by atoms with Gasteiger partial charge in [0.25, 0.3) is 0 Å². The highest BCUT2D eigenvalue weighted by Gasteiger charge is 2.35. The number of pyridine rings is 2. The van der Waals surface area contributed by atoms with E-state index < -0.39 is 0 Å². The lowest BCUT2D eigenvalue weighted by Crippen LogP contribution is -2.55. The number of nitriles is 1. The van der Waals surface area contributed by atoms with E-state index in [9.17, 15) is 10.1 Å². The molecule has 0 N–H and O–H groups in total. The van der Waals surface area contributed by atoms with Gasteiger partial charge in [-0.1, -0.05) is 19.9 Å². The Morgan fingerprint density at radius 1 is 1.33 bits per heavy atom. The molecule has 0 saturated carbocycles. The second-order valence-corrected chi connectivity index (χ2v) is 10.1. The molecule has 2 aromatic heterocycles. The monoisotopic (exact) mass is 447 g/mol. The second kappa shape index (κ2) is 9.11. The van der Waals surface area contributed by atoms with Gasteiger partial charge < -0.3 is 14.5 Å². The molecule has 0 aromatic carbocycles. The summed E-state index contributed by atoms with van der Waals surface area (Å²) in [5.41, 5.74) is 4.43. The predicted octanol–water partition coefficient (Wildman–Crippen LogP) is 3.60. The molecule has 1 saturated heterocycles. The Bertz CT molecular complexity index is 1070. The Hall–Kier alpha value is -2.98. The molecule has 33 heavy (non-hydrogen) atoms. The van der Waals surface area contributed by atoms with Crippen molar-refractivity contribution in [2.75, 3.05) is 24.5 Å². The minimum atomic E-state index is -0.309. The van der Waals surface area contributed by atoms with Crippen molar-refractivity contribution in [3.8, 4) is 6.07 Å². The summed E-state index contributed by atoms with van der Waals surface area (Å²) in [5.74, 6) is 1.09. The number of carbonyl (C=O) groups is 1. The van der Waals surface area contributed by atoms with Crippen LogP contribution in [-0.2, 0) is 29.0 Å². The van der Waals surface area contributed by atoms with Gasteiger partial charge in [-0.15, -0.1) is 0 Å². The van der Waals surface area contributed by atoms with E-state index in [0.29, 0.717) is 44.6 Å². The van der Waals surface area contributed by atoms with Gasteiger partial charge in [-0.05, 0) is 43.9 Å². The molecule has 7 heteroatoms. The van der Waals surface area contributed by atoms with E-state index in [2.05, 4.69) is 50.6 Å². The highest BCUT2D eigenvalue weighted by molar-refractivity contribution is 5.79. The summed E-state index contributed by atoms with van der Waals surface area (Å²) in [6, 6.07) is 6.27. The molecule has 0 spiro atoms. The molecule has 1 amide bonds. The van der Waals surface area contributed by atoms with E-state index in [1.54, 1.807) is 12.4 Å². The largest absolute Gasteiger partial charge is 0.370 e. The number of fused-ring (bicyclic) bond motifs is 1. The van der Waals surface area contributed by atoms with E-state index in [0.717, 1.165) is 28.2 Å². The molecule has 7 nitrogen and oxygen atoms in total. The normalized spacial score (nSPS) is 19.8. The number of carbonyl (C=O) groups excluding carboxylic acids is 1. The van der Waals surface area contributed by atoms with Crippen molar-refractivity contribution in [1.82, 2.24) is 14.9 Å². The molecule has 0 radical (unpaired) electrons. The lowest BCUT2D eigenvalue weighted by Gasteiger charge is -2.42. The van der Waals surface area contributed by atoms with Crippen LogP contribution in [0.3, 0.4) is 0 Å². The van der Waals surface area contributed by atoms with Crippen LogP contribution in [0.25, 0.3) is 0 Å². The van der Waals surface area contributed by atoms with Crippen LogP contribution in [0.15, 0.2) is 24.5 Å². The molecular weight excluding hydrogens is 414 g/mol. The van der Waals surface area contributed by atoms with Gasteiger partial charge in [0.05, 0.1) is 29.9 Å². The van der Waals surface area contributed by atoms with Gasteiger partial charge in [0.2, 0.25) is 5.91 Å². The maximum atomic E-state index is 12.9. The highest BCUT2D eigenvalue weighted by atomic mass is 16.5. The number of nitrogens with zero attached hydrogens (tertiary/aromatic N) is 5. The summed E-state index contributed by atoms with van der Waals surface area (Å²) in [5, 5.41) is 10.1. The Morgan fingerprint density at radius 3 is 2.76 bits per heavy atom. The first-order valence-electron chi connectivity index (χ1n) is 11.7. The SMILES string of the molecule is CC(C)c1nc(N2CCN(C(=O)Cc3cccnc3)[C@H](C)C2)c(C#N)c2c1COC(C)(C)C2. The molecule has 0 aliphatic carbocycles. The van der Waals surface area contributed by atoms with Crippen LogP contribution in [-0.4, -0.2) is 52.1 Å². The van der Waals surface area contributed by atoms with Gasteiger partial charge >= 0.3 is 0 Å². The summed E-state index contributed by atoms with van der Waals surface area (Å²) in [6.07, 6.45) is 4.50. The fourth-order valence-electron chi connectivity index (χ4n) is 4.90. The number of ether oxygens (including phenoxy) is 1. The topological polar surface area (TPSA) is 82.4 Å². The zero-order valence-corrected chi connectivity index (χ0v) is 20.3. The number of aromatic nitrogens is 2. The highest BCUT2D eigenvalue weighted by Crippen LogP contribution is 2.37. The molecule has 4 heterocycles. The fourth-order valence-corrected chi connectivity index (χ4v) is 4.90. The third-order valence-corrected chi connectivity index (χ3v) is 6.62. The number of rotatable bonds is 4. The Balaban J connectivity index is 1.60. The van der Waals surface area contributed by atoms with Crippen LogP contribution in [0.2, 0.25) is 0 Å². The van der Waals surface area contributed by atoms with Crippen LogP contribution in [0.4, 0.5) is 5.82 Å². The predicted molar refractivity (Wildman–Crippen MR) is 127 cm³/mol. The molecule has 1 atom stereocenters. The van der Waals surface area contributed by atoms with Gasteiger partial charge in [-0.2, -0.15) is 5.26 Å². The van der Waals surface area contributed by atoms with Crippen molar-refractivity contribution >= 4 is 11.7 Å².